The molecule has 0 unspecified atom stereocenters. The summed E-state index contributed by atoms with van der Waals surface area (Å²) >= 11 is 0. The van der Waals surface area contributed by atoms with Gasteiger partial charge in [0.05, 0.1) is 25.9 Å². The molecule has 0 saturated heterocycles. The van der Waals surface area contributed by atoms with Gasteiger partial charge in [0, 0.05) is 5.56 Å². The van der Waals surface area contributed by atoms with Crippen molar-refractivity contribution in [2.45, 2.75) is 6.92 Å². The van der Waals surface area contributed by atoms with Gasteiger partial charge in [-0.3, -0.25) is 0 Å². The van der Waals surface area contributed by atoms with E-state index in [-0.39, 0.29) is 0 Å². The highest BCUT2D eigenvalue weighted by Crippen LogP contribution is 2.25. The fraction of sp³-hybridized carbons (Fsp3) is 0.188. The number of rotatable bonds is 4. The molecule has 0 amide bonds. The number of nitrogens with zero attached hydrogens (tertiary/aromatic N) is 1. The molecule has 0 aliphatic rings. The van der Waals surface area contributed by atoms with Crippen molar-refractivity contribution < 1.29 is 9.47 Å². The van der Waals surface area contributed by atoms with E-state index in [1.807, 2.05) is 49.4 Å². The average molecular weight is 253 g/mol. The Balaban J connectivity index is 2.47. The van der Waals surface area contributed by atoms with Crippen LogP contribution in [-0.2, 0) is 4.74 Å². The van der Waals surface area contributed by atoms with E-state index in [9.17, 15) is 0 Å². The van der Waals surface area contributed by atoms with E-state index in [1.54, 1.807) is 7.11 Å². The van der Waals surface area contributed by atoms with Crippen molar-refractivity contribution in [3.63, 3.8) is 0 Å². The molecule has 0 saturated carbocycles. The quantitative estimate of drug-likeness (QED) is 0.615. The van der Waals surface area contributed by atoms with E-state index >= 15 is 0 Å². The zero-order valence-corrected chi connectivity index (χ0v) is 11.0. The van der Waals surface area contributed by atoms with Gasteiger partial charge in [-0.15, -0.1) is 0 Å². The van der Waals surface area contributed by atoms with Crippen LogP contribution < -0.4 is 4.74 Å². The molecule has 96 valence electrons. The Morgan fingerprint density at radius 2 is 1.95 bits per heavy atom. The van der Waals surface area contributed by atoms with Gasteiger partial charge < -0.3 is 9.47 Å². The number of benzene rings is 2. The molecule has 0 aliphatic heterocycles. The first-order chi connectivity index (χ1) is 9.28. The number of fused-ring (bicyclic) bond motifs is 1. The molecular formula is C16H15NO2. The third-order valence-corrected chi connectivity index (χ3v) is 2.83. The second kappa shape index (κ2) is 5.92. The average Bonchev–Trinajstić information content (AvgIpc) is 2.46. The van der Waals surface area contributed by atoms with Gasteiger partial charge in [-0.1, -0.05) is 18.2 Å². The lowest BCUT2D eigenvalue weighted by atomic mass is 10.1. The molecule has 0 atom stereocenters. The van der Waals surface area contributed by atoms with Gasteiger partial charge in [-0.25, -0.2) is 0 Å². The summed E-state index contributed by atoms with van der Waals surface area (Å²) in [4.78, 5) is 0. The number of allylic oxidation sites excluding steroid dienone is 1. The normalized spacial score (nSPS) is 11.1. The number of nitriles is 1. The first-order valence-corrected chi connectivity index (χ1v) is 6.09. The topological polar surface area (TPSA) is 42.2 Å². The van der Waals surface area contributed by atoms with E-state index in [2.05, 4.69) is 0 Å². The monoisotopic (exact) mass is 253 g/mol. The minimum absolute atomic E-state index is 0.536. The summed E-state index contributed by atoms with van der Waals surface area (Å²) < 4.78 is 10.7. The predicted octanol–water partition coefficient (Wildman–Crippen LogP) is 3.75. The van der Waals surface area contributed by atoms with Crippen LogP contribution in [0.1, 0.15) is 12.5 Å². The standard InChI is InChI=1S/C16H15NO2/c1-3-19-16(8-9-17)14-5-4-13-11-15(18-2)7-6-12(13)10-14/h4-8,10-11H,3H2,1-2H3/b16-8-. The van der Waals surface area contributed by atoms with Crippen LogP contribution in [0.2, 0.25) is 0 Å². The van der Waals surface area contributed by atoms with E-state index in [0.29, 0.717) is 12.4 Å². The lowest BCUT2D eigenvalue weighted by Crippen LogP contribution is -1.92. The second-order valence-corrected chi connectivity index (χ2v) is 4.00. The number of ether oxygens (including phenoxy) is 2. The molecule has 3 nitrogen and oxygen atoms in total. The van der Waals surface area contributed by atoms with Crippen LogP contribution in [0.5, 0.6) is 5.75 Å². The van der Waals surface area contributed by atoms with Gasteiger partial charge in [0.2, 0.25) is 0 Å². The Bertz CT molecular complexity index is 653. The maximum absolute atomic E-state index is 8.78. The Kier molecular flexibility index (Phi) is 4.04. The molecule has 0 spiro atoms. The van der Waals surface area contributed by atoms with E-state index in [0.717, 1.165) is 22.1 Å². The summed E-state index contributed by atoms with van der Waals surface area (Å²) in [6, 6.07) is 13.9. The van der Waals surface area contributed by atoms with Gasteiger partial charge in [-0.05, 0) is 35.9 Å². The summed E-state index contributed by atoms with van der Waals surface area (Å²) in [5.74, 6) is 1.43. The second-order valence-electron chi connectivity index (χ2n) is 4.00. The van der Waals surface area contributed by atoms with E-state index in [1.165, 1.54) is 6.08 Å². The Morgan fingerprint density at radius 3 is 2.63 bits per heavy atom. The first-order valence-electron chi connectivity index (χ1n) is 6.09. The molecule has 0 aliphatic carbocycles. The molecule has 0 bridgehead atoms. The van der Waals surface area contributed by atoms with Crippen molar-refractivity contribution in [3.8, 4) is 11.8 Å². The molecule has 0 aromatic heterocycles. The molecule has 0 N–H and O–H groups in total. The van der Waals surface area contributed by atoms with Gasteiger partial charge in [-0.2, -0.15) is 5.26 Å². The molecule has 0 radical (unpaired) electrons. The molecule has 0 fully saturated rings. The van der Waals surface area contributed by atoms with Gasteiger partial charge in [0.15, 0.2) is 0 Å². The highest BCUT2D eigenvalue weighted by molar-refractivity contribution is 5.87. The number of hydrogen-bond donors (Lipinski definition) is 0. The summed E-state index contributed by atoms with van der Waals surface area (Å²) in [6.07, 6.45) is 1.42. The largest absolute Gasteiger partial charge is 0.497 e. The van der Waals surface area contributed by atoms with Crippen molar-refractivity contribution in [3.05, 3.63) is 48.0 Å². The van der Waals surface area contributed by atoms with Gasteiger partial charge >= 0.3 is 0 Å². The molecular weight excluding hydrogens is 238 g/mol. The summed E-state index contributed by atoms with van der Waals surface area (Å²) in [5.41, 5.74) is 0.904. The first kappa shape index (κ1) is 13.0. The van der Waals surface area contributed by atoms with Crippen LogP contribution in [0.25, 0.3) is 16.5 Å². The molecule has 3 heteroatoms. The Labute approximate surface area is 112 Å². The fourth-order valence-electron chi connectivity index (χ4n) is 1.93. The third kappa shape index (κ3) is 2.86. The Hall–Kier alpha value is -2.47. The highest BCUT2D eigenvalue weighted by atomic mass is 16.5. The van der Waals surface area contributed by atoms with E-state index in [4.69, 9.17) is 14.7 Å². The molecule has 0 heterocycles. The van der Waals surface area contributed by atoms with Crippen LogP contribution in [0.15, 0.2) is 42.5 Å². The molecule has 2 aromatic rings. The van der Waals surface area contributed by atoms with Crippen LogP contribution in [0.3, 0.4) is 0 Å². The smallest absolute Gasteiger partial charge is 0.136 e. The van der Waals surface area contributed by atoms with Crippen LogP contribution in [-0.4, -0.2) is 13.7 Å². The minimum Gasteiger partial charge on any atom is -0.497 e. The van der Waals surface area contributed by atoms with Crippen molar-refractivity contribution >= 4 is 16.5 Å². The summed E-state index contributed by atoms with van der Waals surface area (Å²) in [7, 11) is 1.65. The van der Waals surface area contributed by atoms with Gasteiger partial charge in [0.1, 0.15) is 11.5 Å². The van der Waals surface area contributed by atoms with Crippen molar-refractivity contribution in [2.24, 2.45) is 0 Å². The molecule has 2 rings (SSSR count). The van der Waals surface area contributed by atoms with Crippen LogP contribution in [0.4, 0.5) is 0 Å². The zero-order valence-electron chi connectivity index (χ0n) is 11.0. The van der Waals surface area contributed by atoms with Crippen molar-refractivity contribution in [1.82, 2.24) is 0 Å². The van der Waals surface area contributed by atoms with Gasteiger partial charge in [0.25, 0.3) is 0 Å². The van der Waals surface area contributed by atoms with Crippen molar-refractivity contribution in [1.29, 1.82) is 5.26 Å². The third-order valence-electron chi connectivity index (χ3n) is 2.83. The zero-order chi connectivity index (χ0) is 13.7. The maximum Gasteiger partial charge on any atom is 0.136 e. The minimum atomic E-state index is 0.536. The SMILES string of the molecule is CCO/C(=C\C#N)c1ccc2cc(OC)ccc2c1. The van der Waals surface area contributed by atoms with E-state index < -0.39 is 0 Å². The van der Waals surface area contributed by atoms with Crippen LogP contribution >= 0.6 is 0 Å². The number of hydrogen-bond acceptors (Lipinski definition) is 3. The molecule has 19 heavy (non-hydrogen) atoms. The molecule has 2 aromatic carbocycles. The summed E-state index contributed by atoms with van der Waals surface area (Å²) in [6.45, 7) is 2.44. The Morgan fingerprint density at radius 1 is 1.21 bits per heavy atom. The maximum atomic E-state index is 8.78. The van der Waals surface area contributed by atoms with Crippen LogP contribution in [0, 0.1) is 11.3 Å². The summed E-state index contributed by atoms with van der Waals surface area (Å²) in [5, 5.41) is 11.0. The van der Waals surface area contributed by atoms with Crippen molar-refractivity contribution in [2.75, 3.05) is 13.7 Å². The lowest BCUT2D eigenvalue weighted by Gasteiger charge is -2.09. The highest BCUT2D eigenvalue weighted by Gasteiger charge is 2.04. The fourth-order valence-corrected chi connectivity index (χ4v) is 1.93. The predicted molar refractivity (Wildman–Crippen MR) is 75.7 cm³/mol. The lowest BCUT2D eigenvalue weighted by molar-refractivity contribution is 0.298. The number of methoxy groups -OCH3 is 1.